The Labute approximate surface area is 263 Å². The summed E-state index contributed by atoms with van der Waals surface area (Å²) in [4.78, 5) is 73.5. The molecule has 0 radical (unpaired) electrons. The summed E-state index contributed by atoms with van der Waals surface area (Å²) in [6, 6.07) is 3.25. The molecule has 1 fully saturated rings. The number of hydrogen-bond donors (Lipinski definition) is 0. The normalized spacial score (nSPS) is 26.5. The monoisotopic (exact) mass is 652 g/mol. The number of methoxy groups -OCH3 is 1. The van der Waals surface area contributed by atoms with E-state index in [1.807, 2.05) is 0 Å². The molecule has 0 saturated carbocycles. The molecular weight excluding hydrogens is 616 g/mol. The van der Waals surface area contributed by atoms with Crippen molar-refractivity contribution in [2.24, 2.45) is 5.92 Å². The van der Waals surface area contributed by atoms with E-state index in [1.54, 1.807) is 19.1 Å². The molecular formula is C30H36O16. The van der Waals surface area contributed by atoms with Crippen molar-refractivity contribution in [3.63, 3.8) is 0 Å². The number of carbonyl (C=O) groups is 6. The van der Waals surface area contributed by atoms with Gasteiger partial charge in [0.1, 0.15) is 25.1 Å². The molecule has 7 atom stereocenters. The van der Waals surface area contributed by atoms with Crippen molar-refractivity contribution in [3.05, 3.63) is 47.6 Å². The number of carbonyl (C=O) groups excluding carboxylic acids is 6. The fourth-order valence-electron chi connectivity index (χ4n) is 4.82. The van der Waals surface area contributed by atoms with Gasteiger partial charge in [-0.2, -0.15) is 0 Å². The summed E-state index contributed by atoms with van der Waals surface area (Å²) < 4.78 is 54.5. The second kappa shape index (κ2) is 16.6. The minimum Gasteiger partial charge on any atom is -0.468 e. The fourth-order valence-corrected chi connectivity index (χ4v) is 4.82. The topological polar surface area (TPSA) is 199 Å². The van der Waals surface area contributed by atoms with Crippen LogP contribution >= 0.6 is 0 Å². The molecule has 46 heavy (non-hydrogen) atoms. The van der Waals surface area contributed by atoms with Gasteiger partial charge in [-0.05, 0) is 19.1 Å². The maximum Gasteiger partial charge on any atom is 0.337 e. The molecule has 0 unspecified atom stereocenters. The minimum atomic E-state index is -1.60. The highest BCUT2D eigenvalue weighted by Gasteiger charge is 2.54. The van der Waals surface area contributed by atoms with Crippen LogP contribution in [0.5, 0.6) is 0 Å². The zero-order valence-electron chi connectivity index (χ0n) is 26.1. The van der Waals surface area contributed by atoms with E-state index in [4.69, 9.17) is 47.0 Å². The van der Waals surface area contributed by atoms with E-state index in [1.165, 1.54) is 12.3 Å². The van der Waals surface area contributed by atoms with Gasteiger partial charge < -0.3 is 47.0 Å². The van der Waals surface area contributed by atoms with Crippen molar-refractivity contribution in [1.82, 2.24) is 0 Å². The third-order valence-corrected chi connectivity index (χ3v) is 6.66. The van der Waals surface area contributed by atoms with Gasteiger partial charge in [-0.25, -0.2) is 4.79 Å². The molecule has 2 aliphatic heterocycles. The molecule has 0 bridgehead atoms. The summed E-state index contributed by atoms with van der Waals surface area (Å²) in [6.45, 7) is 5.37. The Morgan fingerprint density at radius 1 is 0.870 bits per heavy atom. The van der Waals surface area contributed by atoms with Gasteiger partial charge >= 0.3 is 35.8 Å². The number of ether oxygens (including phenoxy) is 9. The Morgan fingerprint density at radius 2 is 1.52 bits per heavy atom. The van der Waals surface area contributed by atoms with Gasteiger partial charge in [0.05, 0.1) is 31.6 Å². The van der Waals surface area contributed by atoms with Gasteiger partial charge in [0.2, 0.25) is 12.6 Å². The van der Waals surface area contributed by atoms with Gasteiger partial charge in [-0.3, -0.25) is 24.0 Å². The highest BCUT2D eigenvalue weighted by atomic mass is 16.8. The average molecular weight is 653 g/mol. The van der Waals surface area contributed by atoms with Crippen LogP contribution in [0.1, 0.15) is 46.8 Å². The quantitative estimate of drug-likeness (QED) is 0.180. The fraction of sp³-hybridized carbons (Fsp3) is 0.533. The predicted octanol–water partition coefficient (Wildman–Crippen LogP) is 1.79. The molecule has 3 rings (SSSR count). The smallest absolute Gasteiger partial charge is 0.337 e. The zero-order chi connectivity index (χ0) is 34.0. The van der Waals surface area contributed by atoms with Crippen LogP contribution < -0.4 is 0 Å². The second-order valence-corrected chi connectivity index (χ2v) is 10.0. The maximum atomic E-state index is 12.9. The third-order valence-electron chi connectivity index (χ3n) is 6.66. The summed E-state index contributed by atoms with van der Waals surface area (Å²) >= 11 is 0. The lowest BCUT2D eigenvalue weighted by Gasteiger charge is -2.45. The summed E-state index contributed by atoms with van der Waals surface area (Å²) in [6.07, 6.45) is -5.01. The molecule has 0 N–H and O–H groups in total. The van der Waals surface area contributed by atoms with Crippen LogP contribution in [0.3, 0.4) is 0 Å². The summed E-state index contributed by atoms with van der Waals surface area (Å²) in [5, 5.41) is 0. The first-order valence-corrected chi connectivity index (χ1v) is 14.1. The van der Waals surface area contributed by atoms with E-state index in [0.29, 0.717) is 5.76 Å². The van der Waals surface area contributed by atoms with Crippen LogP contribution in [0.25, 0.3) is 0 Å². The minimum absolute atomic E-state index is 0.0213. The lowest BCUT2D eigenvalue weighted by Crippen LogP contribution is -2.63. The number of esters is 6. The molecule has 2 aliphatic rings. The van der Waals surface area contributed by atoms with E-state index in [-0.39, 0.29) is 24.2 Å². The molecule has 3 heterocycles. The summed E-state index contributed by atoms with van der Waals surface area (Å²) in [5.41, 5.74) is 0.234. The number of hydrogen-bond acceptors (Lipinski definition) is 16. The first-order valence-electron chi connectivity index (χ1n) is 14.1. The van der Waals surface area contributed by atoms with E-state index >= 15 is 0 Å². The van der Waals surface area contributed by atoms with Crippen molar-refractivity contribution < 1.29 is 75.8 Å². The number of allylic oxidation sites excluding steroid dienone is 1. The van der Waals surface area contributed by atoms with Crippen LogP contribution in [-0.4, -0.2) is 86.5 Å². The molecule has 16 heteroatoms. The van der Waals surface area contributed by atoms with Crippen LogP contribution in [-0.2, 0) is 78.0 Å². The lowest BCUT2D eigenvalue weighted by molar-refractivity contribution is -0.331. The van der Waals surface area contributed by atoms with Crippen LogP contribution in [0.15, 0.2) is 46.3 Å². The number of rotatable bonds is 12. The maximum absolute atomic E-state index is 12.9. The summed E-state index contributed by atoms with van der Waals surface area (Å²) in [5.74, 6) is -5.19. The molecule has 1 aromatic rings. The highest BCUT2D eigenvalue weighted by Crippen LogP contribution is 2.37. The molecule has 16 nitrogen and oxygen atoms in total. The SMILES string of the molecule is C/C=C1/[C@H](O[C@@H]2O[C@H](COC(C)=O)[C@@H](OC(C)=O)[C@H](OC(C)=O)[C@H]2OC(C)=O)OC=C(C(=O)OC)[C@H]1CC(=O)OCc1ccco1. The van der Waals surface area contributed by atoms with Crippen molar-refractivity contribution in [1.29, 1.82) is 0 Å². The standard InChI is InChI=1S/C30H36O16/c1-7-20-21(11-24(35)40-12-19-9-8-10-38-19)22(28(36)37-6)13-41-29(20)46-30-27(44-18(5)34)26(43-17(4)33)25(42-16(3)32)23(45-30)14-39-15(2)31/h7-10,13,21,23,25-27,29-30H,11-12,14H2,1-6H3/b20-7+/t21-,23+,25+,26-,27+,29-,30-/m0/s1. The van der Waals surface area contributed by atoms with Crippen LogP contribution in [0.2, 0.25) is 0 Å². The van der Waals surface area contributed by atoms with Crippen molar-refractivity contribution in [2.75, 3.05) is 13.7 Å². The Balaban J connectivity index is 1.96. The Morgan fingerprint density at radius 3 is 2.09 bits per heavy atom. The molecule has 252 valence electrons. The van der Waals surface area contributed by atoms with Gasteiger partial charge in [-0.15, -0.1) is 0 Å². The van der Waals surface area contributed by atoms with Gasteiger partial charge in [0, 0.05) is 39.2 Å². The summed E-state index contributed by atoms with van der Waals surface area (Å²) in [7, 11) is 1.16. The first-order chi connectivity index (χ1) is 21.8. The first kappa shape index (κ1) is 35.8. The molecule has 0 amide bonds. The molecule has 0 spiro atoms. The molecule has 0 aromatic carbocycles. The molecule has 1 aromatic heterocycles. The Kier molecular flexibility index (Phi) is 12.9. The van der Waals surface area contributed by atoms with Crippen molar-refractivity contribution >= 4 is 35.8 Å². The van der Waals surface area contributed by atoms with Crippen LogP contribution in [0, 0.1) is 5.92 Å². The largest absolute Gasteiger partial charge is 0.468 e. The predicted molar refractivity (Wildman–Crippen MR) is 148 cm³/mol. The Hall–Kier alpha value is -4.70. The number of furan rings is 1. The highest BCUT2D eigenvalue weighted by molar-refractivity contribution is 5.90. The second-order valence-electron chi connectivity index (χ2n) is 10.0. The van der Waals surface area contributed by atoms with E-state index < -0.39 is 85.3 Å². The van der Waals surface area contributed by atoms with Crippen molar-refractivity contribution in [3.8, 4) is 0 Å². The lowest BCUT2D eigenvalue weighted by atomic mass is 9.86. The molecule has 1 saturated heterocycles. The van der Waals surface area contributed by atoms with Gasteiger partial charge in [0.15, 0.2) is 18.3 Å². The molecule has 0 aliphatic carbocycles. The van der Waals surface area contributed by atoms with E-state index in [0.717, 1.165) is 41.1 Å². The van der Waals surface area contributed by atoms with Crippen molar-refractivity contribution in [2.45, 2.75) is 84.6 Å². The zero-order valence-corrected chi connectivity index (χ0v) is 26.1. The van der Waals surface area contributed by atoms with Crippen LogP contribution in [0.4, 0.5) is 0 Å². The Bertz CT molecular complexity index is 1330. The van der Waals surface area contributed by atoms with E-state index in [9.17, 15) is 28.8 Å². The van der Waals surface area contributed by atoms with Gasteiger partial charge in [0.25, 0.3) is 0 Å². The van der Waals surface area contributed by atoms with E-state index in [2.05, 4.69) is 0 Å². The third kappa shape index (κ3) is 9.65. The average Bonchev–Trinajstić information content (AvgIpc) is 3.51. The van der Waals surface area contributed by atoms with Gasteiger partial charge in [-0.1, -0.05) is 6.08 Å².